The molecule has 0 saturated carbocycles. The molecule has 0 aliphatic heterocycles. The molecule has 112 valence electrons. The molecule has 0 saturated heterocycles. The van der Waals surface area contributed by atoms with E-state index in [1.807, 2.05) is 0 Å². The molecule has 0 fully saturated rings. The Morgan fingerprint density at radius 1 is 0.833 bits per heavy atom. The summed E-state index contributed by atoms with van der Waals surface area (Å²) in [5, 5.41) is 16.2. The summed E-state index contributed by atoms with van der Waals surface area (Å²) in [7, 11) is -1.13. The van der Waals surface area contributed by atoms with Crippen molar-refractivity contribution in [3.63, 3.8) is 0 Å². The summed E-state index contributed by atoms with van der Waals surface area (Å²) < 4.78 is 10.5. The van der Waals surface area contributed by atoms with Crippen LogP contribution in [-0.4, -0.2) is 36.6 Å². The van der Waals surface area contributed by atoms with Crippen molar-refractivity contribution in [3.05, 3.63) is 0 Å². The maximum Gasteiger partial charge on any atom is 0.276 e. The second kappa shape index (κ2) is 19.9. The Hall–Kier alpha value is 0.560. The van der Waals surface area contributed by atoms with E-state index in [9.17, 15) is 0 Å². The smallest absolute Gasteiger partial charge is 0.276 e. The third-order valence-electron chi connectivity index (χ3n) is 1.95. The average Bonchev–Trinajstić information content (AvgIpc) is 2.38. The molecule has 0 amide bonds. The number of rotatable bonds is 11. The van der Waals surface area contributed by atoms with E-state index >= 15 is 0 Å². The van der Waals surface area contributed by atoms with Gasteiger partial charge in [-0.1, -0.05) is 26.7 Å². The summed E-state index contributed by atoms with van der Waals surface area (Å²) in [6, 6.07) is 0. The van der Waals surface area contributed by atoms with Gasteiger partial charge < -0.3 is 19.3 Å². The largest absolute Gasteiger partial charge is 0.396 e. The average molecular weight is 303 g/mol. The summed E-state index contributed by atoms with van der Waals surface area (Å²) in [6.07, 6.45) is 5.82. The standard InChI is InChI=1S/C8H18ClO2P.C4H10O2/c1-3-5-7-10-12(9)11-8-6-4-2;5-3-1-2-4-6/h3-8H2,1-2H3;5-6H,1-4H2. The van der Waals surface area contributed by atoms with Crippen molar-refractivity contribution < 1.29 is 19.3 Å². The van der Waals surface area contributed by atoms with Gasteiger partial charge in [-0.05, 0) is 36.9 Å². The molecule has 0 spiro atoms. The van der Waals surface area contributed by atoms with Crippen LogP contribution in [0.5, 0.6) is 0 Å². The first kappa shape index (κ1) is 20.9. The monoisotopic (exact) mass is 302 g/mol. The van der Waals surface area contributed by atoms with Gasteiger partial charge >= 0.3 is 0 Å². The number of aliphatic hydroxyl groups is 2. The van der Waals surface area contributed by atoms with Crippen molar-refractivity contribution >= 4 is 19.0 Å². The Morgan fingerprint density at radius 2 is 1.22 bits per heavy atom. The van der Waals surface area contributed by atoms with Crippen molar-refractivity contribution in [2.24, 2.45) is 0 Å². The molecule has 0 aromatic carbocycles. The second-order valence-corrected chi connectivity index (χ2v) is 5.51. The lowest BCUT2D eigenvalue weighted by molar-refractivity contribution is 0.242. The normalized spacial score (nSPS) is 10.3. The number of halogens is 1. The van der Waals surface area contributed by atoms with Crippen LogP contribution in [-0.2, 0) is 9.05 Å². The molecule has 0 heterocycles. The summed E-state index contributed by atoms with van der Waals surface area (Å²) in [6.45, 7) is 6.08. The summed E-state index contributed by atoms with van der Waals surface area (Å²) in [5.41, 5.74) is 0. The van der Waals surface area contributed by atoms with Crippen LogP contribution in [0.4, 0.5) is 0 Å². The highest BCUT2D eigenvalue weighted by Gasteiger charge is 2.04. The fourth-order valence-corrected chi connectivity index (χ4v) is 1.86. The minimum atomic E-state index is -1.13. The van der Waals surface area contributed by atoms with E-state index in [0.29, 0.717) is 0 Å². The molecule has 0 radical (unpaired) electrons. The molecule has 4 nitrogen and oxygen atoms in total. The summed E-state index contributed by atoms with van der Waals surface area (Å²) in [4.78, 5) is 0. The van der Waals surface area contributed by atoms with Gasteiger partial charge in [0.2, 0.25) is 0 Å². The van der Waals surface area contributed by atoms with Crippen LogP contribution in [0.3, 0.4) is 0 Å². The molecule has 2 N–H and O–H groups in total. The van der Waals surface area contributed by atoms with Crippen molar-refractivity contribution in [2.45, 2.75) is 52.4 Å². The van der Waals surface area contributed by atoms with Gasteiger partial charge in [0.25, 0.3) is 7.73 Å². The van der Waals surface area contributed by atoms with Gasteiger partial charge in [-0.2, -0.15) is 0 Å². The van der Waals surface area contributed by atoms with Gasteiger partial charge in [0, 0.05) is 13.2 Å². The quantitative estimate of drug-likeness (QED) is 0.450. The van der Waals surface area contributed by atoms with E-state index in [1.165, 1.54) is 0 Å². The van der Waals surface area contributed by atoms with E-state index in [4.69, 9.17) is 30.5 Å². The molecule has 0 bridgehead atoms. The minimum Gasteiger partial charge on any atom is -0.396 e. The molecule has 0 aromatic heterocycles. The minimum absolute atomic E-state index is 0.195. The third kappa shape index (κ3) is 21.8. The van der Waals surface area contributed by atoms with Crippen molar-refractivity contribution in [2.75, 3.05) is 26.4 Å². The second-order valence-electron chi connectivity index (χ2n) is 3.74. The number of aliphatic hydroxyl groups excluding tert-OH is 2. The molecule has 0 unspecified atom stereocenters. The van der Waals surface area contributed by atoms with E-state index < -0.39 is 7.73 Å². The van der Waals surface area contributed by atoms with Gasteiger partial charge in [0.1, 0.15) is 0 Å². The Kier molecular flexibility index (Phi) is 23.1. The zero-order chi connectivity index (χ0) is 14.1. The number of hydrogen-bond acceptors (Lipinski definition) is 4. The first-order chi connectivity index (χ1) is 8.72. The molecule has 0 rings (SSSR count). The summed E-state index contributed by atoms with van der Waals surface area (Å²) >= 11 is 5.77. The predicted octanol–water partition coefficient (Wildman–Crippen LogP) is 3.84. The Labute approximate surface area is 117 Å². The molecule has 0 aliphatic rings. The zero-order valence-corrected chi connectivity index (χ0v) is 13.3. The predicted molar refractivity (Wildman–Crippen MR) is 77.9 cm³/mol. The first-order valence-electron chi connectivity index (χ1n) is 6.66. The molecule has 18 heavy (non-hydrogen) atoms. The van der Waals surface area contributed by atoms with Crippen LogP contribution in [0.1, 0.15) is 52.4 Å². The summed E-state index contributed by atoms with van der Waals surface area (Å²) in [5.74, 6) is 0. The van der Waals surface area contributed by atoms with E-state index in [1.54, 1.807) is 0 Å². The number of unbranched alkanes of at least 4 members (excludes halogenated alkanes) is 3. The topological polar surface area (TPSA) is 58.9 Å². The van der Waals surface area contributed by atoms with E-state index in [0.717, 1.165) is 51.7 Å². The van der Waals surface area contributed by atoms with Gasteiger partial charge in [0.05, 0.1) is 13.2 Å². The van der Waals surface area contributed by atoms with Crippen molar-refractivity contribution in [1.29, 1.82) is 0 Å². The number of hydrogen-bond donors (Lipinski definition) is 2. The lowest BCUT2D eigenvalue weighted by Gasteiger charge is -2.09. The van der Waals surface area contributed by atoms with Crippen LogP contribution < -0.4 is 0 Å². The first-order valence-corrected chi connectivity index (χ1v) is 8.74. The van der Waals surface area contributed by atoms with Crippen LogP contribution >= 0.6 is 19.0 Å². The highest BCUT2D eigenvalue weighted by molar-refractivity contribution is 7.76. The van der Waals surface area contributed by atoms with Crippen LogP contribution in [0.25, 0.3) is 0 Å². The van der Waals surface area contributed by atoms with E-state index in [2.05, 4.69) is 13.8 Å². The van der Waals surface area contributed by atoms with E-state index in [-0.39, 0.29) is 13.2 Å². The zero-order valence-electron chi connectivity index (χ0n) is 11.6. The molecule has 0 aliphatic carbocycles. The van der Waals surface area contributed by atoms with Crippen LogP contribution in [0, 0.1) is 0 Å². The fourth-order valence-electron chi connectivity index (χ4n) is 0.822. The molecular formula is C12H28ClO4P. The third-order valence-corrected chi connectivity index (χ3v) is 3.30. The fraction of sp³-hybridized carbons (Fsp3) is 1.00. The Morgan fingerprint density at radius 3 is 1.50 bits per heavy atom. The van der Waals surface area contributed by atoms with Crippen molar-refractivity contribution in [3.8, 4) is 0 Å². The lowest BCUT2D eigenvalue weighted by atomic mass is 10.3. The van der Waals surface area contributed by atoms with Crippen LogP contribution in [0.2, 0.25) is 0 Å². The maximum atomic E-state index is 8.09. The lowest BCUT2D eigenvalue weighted by Crippen LogP contribution is -1.91. The Balaban J connectivity index is 0. The van der Waals surface area contributed by atoms with Crippen molar-refractivity contribution in [1.82, 2.24) is 0 Å². The van der Waals surface area contributed by atoms with Gasteiger partial charge in [-0.3, -0.25) is 0 Å². The molecule has 0 aromatic rings. The maximum absolute atomic E-state index is 8.09. The highest BCUT2D eigenvalue weighted by Crippen LogP contribution is 2.43. The SMILES string of the molecule is CCCCOP(Cl)OCCCC.OCCCCO. The highest BCUT2D eigenvalue weighted by atomic mass is 35.7. The molecular weight excluding hydrogens is 275 g/mol. The van der Waals surface area contributed by atoms with Gasteiger partial charge in [-0.15, -0.1) is 0 Å². The molecule has 6 heteroatoms. The van der Waals surface area contributed by atoms with Gasteiger partial charge in [-0.25, -0.2) is 0 Å². The van der Waals surface area contributed by atoms with Crippen LogP contribution in [0.15, 0.2) is 0 Å². The van der Waals surface area contributed by atoms with Gasteiger partial charge in [0.15, 0.2) is 0 Å². The molecule has 0 atom stereocenters. The Bertz CT molecular complexity index is 127.